The summed E-state index contributed by atoms with van der Waals surface area (Å²) in [5.74, 6) is -0.858. The normalized spacial score (nSPS) is 15.7. The maximum absolute atomic E-state index is 12.4. The third-order valence-corrected chi connectivity index (χ3v) is 3.55. The number of rotatable bonds is 6. The van der Waals surface area contributed by atoms with Crippen molar-refractivity contribution in [2.75, 3.05) is 20.8 Å². The first-order valence-electron chi connectivity index (χ1n) is 7.28. The Hall–Kier alpha value is -1.79. The zero-order valence-electron chi connectivity index (χ0n) is 13.9. The topological polar surface area (TPSA) is 82.1 Å². The average Bonchev–Trinajstić information content (AvgIpc) is 3.20. The van der Waals surface area contributed by atoms with Gasteiger partial charge in [0.25, 0.3) is 0 Å². The van der Waals surface area contributed by atoms with Crippen LogP contribution >= 0.6 is 0 Å². The van der Waals surface area contributed by atoms with Crippen LogP contribution < -0.4 is 0 Å². The van der Waals surface area contributed by atoms with Crippen molar-refractivity contribution in [2.24, 2.45) is 0 Å². The molecule has 7 nitrogen and oxygen atoms in total. The first-order chi connectivity index (χ1) is 10.1. The Morgan fingerprint density at radius 3 is 2.00 bits per heavy atom. The van der Waals surface area contributed by atoms with Gasteiger partial charge in [-0.3, -0.25) is 14.5 Å². The number of amides is 1. The van der Waals surface area contributed by atoms with E-state index in [0.717, 1.165) is 12.8 Å². The minimum Gasteiger partial charge on any atom is -0.469 e. The molecule has 1 saturated carbocycles. The van der Waals surface area contributed by atoms with Gasteiger partial charge in [-0.1, -0.05) is 0 Å². The van der Waals surface area contributed by atoms with Crippen molar-refractivity contribution in [1.82, 2.24) is 4.90 Å². The molecule has 1 rings (SSSR count). The fourth-order valence-corrected chi connectivity index (χ4v) is 2.17. The Bertz CT molecular complexity index is 436. The number of carbonyl (C=O) groups excluding carboxylic acids is 3. The van der Waals surface area contributed by atoms with Crippen molar-refractivity contribution in [2.45, 2.75) is 57.6 Å². The second-order valence-corrected chi connectivity index (χ2v) is 6.44. The lowest BCUT2D eigenvalue weighted by Crippen LogP contribution is -2.48. The first kappa shape index (κ1) is 18.3. The Kier molecular flexibility index (Phi) is 5.79. The third kappa shape index (κ3) is 5.20. The van der Waals surface area contributed by atoms with Crippen LogP contribution in [0.15, 0.2) is 0 Å². The Morgan fingerprint density at radius 2 is 1.59 bits per heavy atom. The number of esters is 2. The van der Waals surface area contributed by atoms with Crippen molar-refractivity contribution in [3.05, 3.63) is 0 Å². The molecule has 0 aromatic rings. The molecular formula is C15H25NO6. The Labute approximate surface area is 130 Å². The van der Waals surface area contributed by atoms with E-state index in [2.05, 4.69) is 9.47 Å². The molecular weight excluding hydrogens is 290 g/mol. The third-order valence-electron chi connectivity index (χ3n) is 3.55. The van der Waals surface area contributed by atoms with Crippen molar-refractivity contribution in [3.63, 3.8) is 0 Å². The SMILES string of the molecule is COC(=O)CCC1(N(CC(=O)OC)C(=O)OC(C)(C)C)CC1. The van der Waals surface area contributed by atoms with Gasteiger partial charge in [0.05, 0.1) is 14.2 Å². The lowest BCUT2D eigenvalue weighted by molar-refractivity contribution is -0.143. The number of carbonyl (C=O) groups is 3. The highest BCUT2D eigenvalue weighted by molar-refractivity contribution is 5.79. The molecule has 0 saturated heterocycles. The van der Waals surface area contributed by atoms with Gasteiger partial charge in [-0.05, 0) is 40.0 Å². The molecule has 1 aliphatic carbocycles. The average molecular weight is 315 g/mol. The molecule has 1 fully saturated rings. The molecule has 126 valence electrons. The predicted molar refractivity (Wildman–Crippen MR) is 78.2 cm³/mol. The molecule has 22 heavy (non-hydrogen) atoms. The van der Waals surface area contributed by atoms with Crippen molar-refractivity contribution >= 4 is 18.0 Å². The Morgan fingerprint density at radius 1 is 1.05 bits per heavy atom. The van der Waals surface area contributed by atoms with Crippen LogP contribution in [0.25, 0.3) is 0 Å². The molecule has 0 atom stereocenters. The van der Waals surface area contributed by atoms with Gasteiger partial charge in [-0.2, -0.15) is 0 Å². The van der Waals surface area contributed by atoms with E-state index in [4.69, 9.17) is 4.74 Å². The van der Waals surface area contributed by atoms with Crippen molar-refractivity contribution in [3.8, 4) is 0 Å². The number of methoxy groups -OCH3 is 2. The maximum atomic E-state index is 12.4. The van der Waals surface area contributed by atoms with E-state index >= 15 is 0 Å². The molecule has 1 aliphatic rings. The highest BCUT2D eigenvalue weighted by Gasteiger charge is 2.51. The van der Waals surface area contributed by atoms with E-state index in [1.165, 1.54) is 19.1 Å². The smallest absolute Gasteiger partial charge is 0.411 e. The van der Waals surface area contributed by atoms with E-state index in [9.17, 15) is 14.4 Å². The zero-order valence-corrected chi connectivity index (χ0v) is 13.9. The van der Waals surface area contributed by atoms with Crippen LogP contribution in [0.5, 0.6) is 0 Å². The highest BCUT2D eigenvalue weighted by Crippen LogP contribution is 2.46. The largest absolute Gasteiger partial charge is 0.469 e. The van der Waals surface area contributed by atoms with Crippen LogP contribution in [-0.4, -0.2) is 54.8 Å². The number of hydrogen-bond acceptors (Lipinski definition) is 6. The highest BCUT2D eigenvalue weighted by atomic mass is 16.6. The summed E-state index contributed by atoms with van der Waals surface area (Å²) in [4.78, 5) is 36.7. The molecule has 0 aromatic heterocycles. The van der Waals surface area contributed by atoms with E-state index in [-0.39, 0.29) is 18.9 Å². The quantitative estimate of drug-likeness (QED) is 0.550. The molecule has 0 aromatic carbocycles. The van der Waals surface area contributed by atoms with E-state index < -0.39 is 23.2 Å². The van der Waals surface area contributed by atoms with Gasteiger partial charge in [0.1, 0.15) is 12.1 Å². The number of hydrogen-bond donors (Lipinski definition) is 0. The fraction of sp³-hybridized carbons (Fsp3) is 0.800. The minimum absolute atomic E-state index is 0.188. The molecule has 7 heteroatoms. The van der Waals surface area contributed by atoms with Gasteiger partial charge in [0, 0.05) is 12.0 Å². The molecule has 0 N–H and O–H groups in total. The monoisotopic (exact) mass is 315 g/mol. The molecule has 0 heterocycles. The summed E-state index contributed by atoms with van der Waals surface area (Å²) in [6.45, 7) is 5.09. The number of ether oxygens (including phenoxy) is 3. The van der Waals surface area contributed by atoms with E-state index in [1.807, 2.05) is 0 Å². The second kappa shape index (κ2) is 6.98. The summed E-state index contributed by atoms with van der Waals surface area (Å²) in [7, 11) is 2.59. The van der Waals surface area contributed by atoms with Crippen LogP contribution in [-0.2, 0) is 23.8 Å². The molecule has 0 radical (unpaired) electrons. The van der Waals surface area contributed by atoms with Crippen LogP contribution in [0.1, 0.15) is 46.5 Å². The summed E-state index contributed by atoms with van der Waals surface area (Å²) in [5, 5.41) is 0. The predicted octanol–water partition coefficient (Wildman–Crippen LogP) is 1.88. The molecule has 0 unspecified atom stereocenters. The second-order valence-electron chi connectivity index (χ2n) is 6.44. The van der Waals surface area contributed by atoms with E-state index in [1.54, 1.807) is 20.8 Å². The van der Waals surface area contributed by atoms with Gasteiger partial charge in [0.2, 0.25) is 0 Å². The molecule has 0 spiro atoms. The van der Waals surface area contributed by atoms with Crippen molar-refractivity contribution < 1.29 is 28.6 Å². The Balaban J connectivity index is 2.83. The summed E-state index contributed by atoms with van der Waals surface area (Å²) < 4.78 is 14.6. The molecule has 0 aliphatic heterocycles. The summed E-state index contributed by atoms with van der Waals surface area (Å²) >= 11 is 0. The summed E-state index contributed by atoms with van der Waals surface area (Å²) in [6, 6.07) is 0. The fourth-order valence-electron chi connectivity index (χ4n) is 2.17. The summed E-state index contributed by atoms with van der Waals surface area (Å²) in [5.41, 5.74) is -1.19. The van der Waals surface area contributed by atoms with Crippen LogP contribution in [0.4, 0.5) is 4.79 Å². The lowest BCUT2D eigenvalue weighted by Gasteiger charge is -2.33. The molecule has 1 amide bonds. The van der Waals surface area contributed by atoms with Gasteiger partial charge < -0.3 is 14.2 Å². The van der Waals surface area contributed by atoms with Crippen LogP contribution in [0.2, 0.25) is 0 Å². The van der Waals surface area contributed by atoms with Gasteiger partial charge in [0.15, 0.2) is 0 Å². The van der Waals surface area contributed by atoms with Crippen molar-refractivity contribution in [1.29, 1.82) is 0 Å². The van der Waals surface area contributed by atoms with Gasteiger partial charge >= 0.3 is 18.0 Å². The molecule has 0 bridgehead atoms. The number of nitrogens with zero attached hydrogens (tertiary/aromatic N) is 1. The maximum Gasteiger partial charge on any atom is 0.411 e. The summed E-state index contributed by atoms with van der Waals surface area (Å²) in [6.07, 6.45) is 1.51. The first-order valence-corrected chi connectivity index (χ1v) is 7.28. The van der Waals surface area contributed by atoms with Crippen LogP contribution in [0, 0.1) is 0 Å². The standard InChI is InChI=1S/C15H25NO6/c1-14(2,3)22-13(19)16(10-12(18)21-5)15(8-9-15)7-6-11(17)20-4/h6-10H2,1-5H3. The van der Waals surface area contributed by atoms with Gasteiger partial charge in [-0.15, -0.1) is 0 Å². The zero-order chi connectivity index (χ0) is 17.0. The van der Waals surface area contributed by atoms with Gasteiger partial charge in [-0.25, -0.2) is 4.79 Å². The van der Waals surface area contributed by atoms with E-state index in [0.29, 0.717) is 6.42 Å². The van der Waals surface area contributed by atoms with Crippen LogP contribution in [0.3, 0.4) is 0 Å². The minimum atomic E-state index is -0.663. The lowest BCUT2D eigenvalue weighted by atomic mass is 10.1.